The summed E-state index contributed by atoms with van der Waals surface area (Å²) >= 11 is 6.28. The van der Waals surface area contributed by atoms with Crippen LogP contribution >= 0.6 is 11.6 Å². The van der Waals surface area contributed by atoms with Gasteiger partial charge in [-0.05, 0) is 35.7 Å². The van der Waals surface area contributed by atoms with Gasteiger partial charge in [-0.15, -0.1) is 0 Å². The van der Waals surface area contributed by atoms with E-state index in [1.165, 1.54) is 12.1 Å². The zero-order chi connectivity index (χ0) is 24.2. The minimum atomic E-state index is -0.618. The summed E-state index contributed by atoms with van der Waals surface area (Å²) in [5.41, 5.74) is 10.6. The van der Waals surface area contributed by atoms with E-state index in [1.54, 1.807) is 6.92 Å². The maximum Gasteiger partial charge on any atom is 0.360 e. The van der Waals surface area contributed by atoms with Crippen molar-refractivity contribution >= 4 is 34.9 Å². The van der Waals surface area contributed by atoms with Crippen LogP contribution in [0.1, 0.15) is 23.6 Å². The van der Waals surface area contributed by atoms with E-state index in [-0.39, 0.29) is 18.1 Å². The van der Waals surface area contributed by atoms with Gasteiger partial charge in [-0.3, -0.25) is 0 Å². The number of carbonyl (C=O) groups is 1. The van der Waals surface area contributed by atoms with Gasteiger partial charge in [0.1, 0.15) is 12.4 Å². The number of fused-ring (bicyclic) bond motifs is 1. The van der Waals surface area contributed by atoms with Gasteiger partial charge in [-0.2, -0.15) is 5.10 Å². The molecule has 0 bridgehead atoms. The quantitative estimate of drug-likeness (QED) is 0.284. The van der Waals surface area contributed by atoms with Crippen LogP contribution in [0.2, 0.25) is 5.02 Å². The molecule has 34 heavy (non-hydrogen) atoms. The van der Waals surface area contributed by atoms with E-state index in [1.807, 2.05) is 72.8 Å². The molecule has 172 valence electrons. The SMILES string of the molecule is C=C1c2c(cccc2-c2cccc(Cl)c2)C(OCc2ccccc2)=C(C(=O)OC)N1/N=C(\C)N. The van der Waals surface area contributed by atoms with E-state index in [0.717, 1.165) is 22.3 Å². The number of carbonyl (C=O) groups excluding carboxylic acids is 1. The van der Waals surface area contributed by atoms with Crippen LogP contribution in [0.15, 0.2) is 90.2 Å². The first-order valence-electron chi connectivity index (χ1n) is 10.6. The van der Waals surface area contributed by atoms with Gasteiger partial charge in [0.25, 0.3) is 0 Å². The predicted octanol–water partition coefficient (Wildman–Crippen LogP) is 5.64. The highest BCUT2D eigenvalue weighted by Crippen LogP contribution is 2.44. The monoisotopic (exact) mass is 473 g/mol. The number of nitrogens with zero attached hydrogens (tertiary/aromatic N) is 2. The lowest BCUT2D eigenvalue weighted by Crippen LogP contribution is -2.30. The normalized spacial score (nSPS) is 13.6. The Kier molecular flexibility index (Phi) is 6.70. The number of nitrogens with two attached hydrogens (primary N) is 1. The molecule has 0 radical (unpaired) electrons. The van der Waals surface area contributed by atoms with Gasteiger partial charge in [0.05, 0.1) is 12.8 Å². The average molecular weight is 474 g/mol. The molecule has 1 aliphatic rings. The first-order chi connectivity index (χ1) is 16.4. The van der Waals surface area contributed by atoms with Gasteiger partial charge >= 0.3 is 5.97 Å². The second kappa shape index (κ2) is 9.85. The lowest BCUT2D eigenvalue weighted by Gasteiger charge is -2.33. The summed E-state index contributed by atoms with van der Waals surface area (Å²) in [4.78, 5) is 13.0. The van der Waals surface area contributed by atoms with E-state index >= 15 is 0 Å². The molecular weight excluding hydrogens is 450 g/mol. The van der Waals surface area contributed by atoms with E-state index in [0.29, 0.717) is 22.0 Å². The van der Waals surface area contributed by atoms with Crippen LogP contribution in [-0.2, 0) is 20.9 Å². The third kappa shape index (κ3) is 4.54. The Labute approximate surface area is 203 Å². The van der Waals surface area contributed by atoms with Crippen LogP contribution in [0.3, 0.4) is 0 Å². The molecule has 0 spiro atoms. The third-order valence-corrected chi connectivity index (χ3v) is 5.51. The number of rotatable bonds is 6. The Balaban J connectivity index is 1.96. The maximum absolute atomic E-state index is 13.0. The van der Waals surface area contributed by atoms with Gasteiger partial charge in [0.2, 0.25) is 0 Å². The van der Waals surface area contributed by atoms with Crippen molar-refractivity contribution in [2.75, 3.05) is 7.11 Å². The van der Waals surface area contributed by atoms with Gasteiger partial charge in [-0.25, -0.2) is 9.80 Å². The second-order valence-corrected chi connectivity index (χ2v) is 8.12. The third-order valence-electron chi connectivity index (χ3n) is 5.28. The van der Waals surface area contributed by atoms with Gasteiger partial charge in [-0.1, -0.05) is 78.8 Å². The van der Waals surface area contributed by atoms with Crippen LogP contribution in [0, 0.1) is 0 Å². The number of halogens is 1. The topological polar surface area (TPSA) is 77.2 Å². The van der Waals surface area contributed by atoms with Crippen molar-refractivity contribution in [2.24, 2.45) is 10.8 Å². The van der Waals surface area contributed by atoms with Crippen LogP contribution in [0.25, 0.3) is 22.6 Å². The van der Waals surface area contributed by atoms with E-state index < -0.39 is 5.97 Å². The highest BCUT2D eigenvalue weighted by molar-refractivity contribution is 6.30. The molecule has 0 aromatic heterocycles. The van der Waals surface area contributed by atoms with Crippen LogP contribution < -0.4 is 5.73 Å². The zero-order valence-corrected chi connectivity index (χ0v) is 19.7. The Morgan fingerprint density at radius 1 is 1.06 bits per heavy atom. The number of hydrogen-bond donors (Lipinski definition) is 1. The Bertz CT molecular complexity index is 1310. The molecule has 0 atom stereocenters. The van der Waals surface area contributed by atoms with E-state index in [4.69, 9.17) is 26.8 Å². The standard InChI is InChI=1S/C27H24ClN3O3/c1-17-24-22(20-11-7-12-21(28)15-20)13-8-14-23(24)26(34-16-19-9-5-4-6-10-19)25(27(32)33-3)31(17)30-18(2)29/h4-15H,1,16H2,2-3H3,(H2,29,30). The molecule has 3 aromatic rings. The fourth-order valence-electron chi connectivity index (χ4n) is 3.83. The summed E-state index contributed by atoms with van der Waals surface area (Å²) in [5, 5.41) is 6.38. The first-order valence-corrected chi connectivity index (χ1v) is 11.0. The summed E-state index contributed by atoms with van der Waals surface area (Å²) in [7, 11) is 1.31. The highest BCUT2D eigenvalue weighted by atomic mass is 35.5. The number of ether oxygens (including phenoxy) is 2. The largest absolute Gasteiger partial charge is 0.486 e. The molecule has 0 aliphatic carbocycles. The molecule has 7 heteroatoms. The molecule has 0 unspecified atom stereocenters. The number of amidine groups is 1. The van der Waals surface area contributed by atoms with Crippen molar-refractivity contribution < 1.29 is 14.3 Å². The summed E-state index contributed by atoms with van der Waals surface area (Å²) in [6.07, 6.45) is 0. The Morgan fingerprint density at radius 3 is 2.44 bits per heavy atom. The molecule has 4 rings (SSSR count). The van der Waals surface area contributed by atoms with E-state index in [2.05, 4.69) is 11.7 Å². The summed E-state index contributed by atoms with van der Waals surface area (Å²) in [6.45, 7) is 6.12. The Morgan fingerprint density at radius 2 is 1.76 bits per heavy atom. The molecule has 2 N–H and O–H groups in total. The van der Waals surface area contributed by atoms with Crippen LogP contribution in [0.5, 0.6) is 0 Å². The van der Waals surface area contributed by atoms with Gasteiger partial charge < -0.3 is 15.2 Å². The first kappa shape index (κ1) is 23.1. The van der Waals surface area contributed by atoms with Gasteiger partial charge in [0.15, 0.2) is 11.5 Å². The van der Waals surface area contributed by atoms with Crippen molar-refractivity contribution in [1.29, 1.82) is 0 Å². The molecule has 1 aliphatic heterocycles. The highest BCUT2D eigenvalue weighted by Gasteiger charge is 2.36. The number of methoxy groups -OCH3 is 1. The minimum absolute atomic E-state index is 0.101. The molecule has 0 saturated heterocycles. The lowest BCUT2D eigenvalue weighted by atomic mass is 9.89. The summed E-state index contributed by atoms with van der Waals surface area (Å²) in [6, 6.07) is 22.9. The molecule has 6 nitrogen and oxygen atoms in total. The smallest absolute Gasteiger partial charge is 0.360 e. The average Bonchev–Trinajstić information content (AvgIpc) is 2.84. The number of hydrogen-bond acceptors (Lipinski definition) is 5. The van der Waals surface area contributed by atoms with Crippen LogP contribution in [0.4, 0.5) is 0 Å². The van der Waals surface area contributed by atoms with Crippen molar-refractivity contribution in [2.45, 2.75) is 13.5 Å². The molecular formula is C27H24ClN3O3. The Hall–Kier alpha value is -4.03. The molecule has 0 saturated carbocycles. The molecule has 0 amide bonds. The fourth-order valence-corrected chi connectivity index (χ4v) is 4.02. The second-order valence-electron chi connectivity index (χ2n) is 7.68. The van der Waals surface area contributed by atoms with E-state index in [9.17, 15) is 4.79 Å². The van der Waals surface area contributed by atoms with Crippen molar-refractivity contribution in [3.63, 3.8) is 0 Å². The van der Waals surface area contributed by atoms with Crippen molar-refractivity contribution in [3.8, 4) is 11.1 Å². The number of esters is 1. The summed E-state index contributed by atoms with van der Waals surface area (Å²) in [5.74, 6) is -0.0475. The summed E-state index contributed by atoms with van der Waals surface area (Å²) < 4.78 is 11.4. The molecule has 0 fully saturated rings. The molecule has 1 heterocycles. The van der Waals surface area contributed by atoms with Crippen LogP contribution in [-0.4, -0.2) is 23.9 Å². The minimum Gasteiger partial charge on any atom is -0.486 e. The van der Waals surface area contributed by atoms with Crippen molar-refractivity contribution in [1.82, 2.24) is 5.01 Å². The van der Waals surface area contributed by atoms with Gasteiger partial charge in [0, 0.05) is 16.1 Å². The van der Waals surface area contributed by atoms with Crippen molar-refractivity contribution in [3.05, 3.63) is 107 Å². The maximum atomic E-state index is 13.0. The molecule has 3 aromatic carbocycles. The fraction of sp³-hybridized carbons (Fsp3) is 0.111. The predicted molar refractivity (Wildman–Crippen MR) is 135 cm³/mol. The number of benzene rings is 3. The zero-order valence-electron chi connectivity index (χ0n) is 18.9. The number of hydrazone groups is 1. The lowest BCUT2D eigenvalue weighted by molar-refractivity contribution is -0.137.